The molecule has 1 heterocycles. The molecule has 2 heteroatoms. The summed E-state index contributed by atoms with van der Waals surface area (Å²) in [5.41, 5.74) is 11.1. The quantitative estimate of drug-likeness (QED) is 0.891. The van der Waals surface area contributed by atoms with Gasteiger partial charge in [0.25, 0.3) is 0 Å². The van der Waals surface area contributed by atoms with Gasteiger partial charge in [0.1, 0.15) is 5.75 Å². The molecule has 0 amide bonds. The zero-order chi connectivity index (χ0) is 14.3. The van der Waals surface area contributed by atoms with Crippen molar-refractivity contribution >= 4 is 0 Å². The van der Waals surface area contributed by atoms with Gasteiger partial charge in [0, 0.05) is 17.0 Å². The minimum absolute atomic E-state index is 0.0312. The third-order valence-electron chi connectivity index (χ3n) is 4.06. The summed E-state index contributed by atoms with van der Waals surface area (Å²) >= 11 is 0. The van der Waals surface area contributed by atoms with Gasteiger partial charge in [0.15, 0.2) is 0 Å². The van der Waals surface area contributed by atoms with Crippen LogP contribution in [0.3, 0.4) is 0 Å². The standard InChI is InChI=1S/C18H21NO/c1-12(19)14-6-4-5-7-15(14)13-8-9-17-16(10-13)18(2,3)11-20-17/h4-10,12H,11,19H2,1-3H3. The molecular weight excluding hydrogens is 246 g/mol. The largest absolute Gasteiger partial charge is 0.492 e. The third-order valence-corrected chi connectivity index (χ3v) is 4.06. The molecule has 0 fully saturated rings. The Morgan fingerprint density at radius 3 is 2.65 bits per heavy atom. The van der Waals surface area contributed by atoms with E-state index < -0.39 is 0 Å². The van der Waals surface area contributed by atoms with Gasteiger partial charge >= 0.3 is 0 Å². The molecule has 2 N–H and O–H groups in total. The molecule has 1 atom stereocenters. The fourth-order valence-electron chi connectivity index (χ4n) is 2.85. The minimum atomic E-state index is 0.0312. The molecular formula is C18H21NO. The first-order valence-corrected chi connectivity index (χ1v) is 7.11. The molecule has 20 heavy (non-hydrogen) atoms. The Labute approximate surface area is 120 Å². The SMILES string of the molecule is CC(N)c1ccccc1-c1ccc2c(c1)C(C)(C)CO2. The van der Waals surface area contributed by atoms with Gasteiger partial charge in [-0.3, -0.25) is 0 Å². The first-order chi connectivity index (χ1) is 9.49. The number of hydrogen-bond acceptors (Lipinski definition) is 2. The average molecular weight is 267 g/mol. The lowest BCUT2D eigenvalue weighted by molar-refractivity contribution is 0.291. The first-order valence-electron chi connectivity index (χ1n) is 7.11. The van der Waals surface area contributed by atoms with Crippen LogP contribution in [-0.2, 0) is 5.41 Å². The van der Waals surface area contributed by atoms with Crippen LogP contribution in [0.25, 0.3) is 11.1 Å². The molecule has 1 aliphatic heterocycles. The highest BCUT2D eigenvalue weighted by Crippen LogP contribution is 2.41. The maximum Gasteiger partial charge on any atom is 0.123 e. The molecule has 0 saturated heterocycles. The number of rotatable bonds is 2. The fraction of sp³-hybridized carbons (Fsp3) is 0.333. The van der Waals surface area contributed by atoms with Crippen LogP contribution in [0.15, 0.2) is 42.5 Å². The van der Waals surface area contributed by atoms with Crippen molar-refractivity contribution in [2.75, 3.05) is 6.61 Å². The molecule has 2 aromatic carbocycles. The van der Waals surface area contributed by atoms with Gasteiger partial charge in [-0.2, -0.15) is 0 Å². The smallest absolute Gasteiger partial charge is 0.123 e. The summed E-state index contributed by atoms with van der Waals surface area (Å²) in [5, 5.41) is 0. The van der Waals surface area contributed by atoms with Crippen molar-refractivity contribution < 1.29 is 4.74 Å². The molecule has 2 aromatic rings. The molecule has 1 unspecified atom stereocenters. The Morgan fingerprint density at radius 2 is 1.90 bits per heavy atom. The van der Waals surface area contributed by atoms with Crippen LogP contribution in [0.2, 0.25) is 0 Å². The normalized spacial score (nSPS) is 17.4. The molecule has 104 valence electrons. The zero-order valence-electron chi connectivity index (χ0n) is 12.3. The van der Waals surface area contributed by atoms with E-state index in [0.29, 0.717) is 0 Å². The molecule has 0 saturated carbocycles. The van der Waals surface area contributed by atoms with E-state index in [2.05, 4.69) is 50.2 Å². The maximum absolute atomic E-state index is 6.09. The lowest BCUT2D eigenvalue weighted by atomic mass is 9.84. The van der Waals surface area contributed by atoms with Crippen molar-refractivity contribution in [1.82, 2.24) is 0 Å². The summed E-state index contributed by atoms with van der Waals surface area (Å²) in [7, 11) is 0. The topological polar surface area (TPSA) is 35.2 Å². The summed E-state index contributed by atoms with van der Waals surface area (Å²) in [6.07, 6.45) is 0. The van der Waals surface area contributed by atoms with Gasteiger partial charge < -0.3 is 10.5 Å². The Hall–Kier alpha value is -1.80. The number of nitrogens with two attached hydrogens (primary N) is 1. The molecule has 0 radical (unpaired) electrons. The van der Waals surface area contributed by atoms with E-state index in [1.807, 2.05) is 13.0 Å². The average Bonchev–Trinajstić information content (AvgIpc) is 2.74. The van der Waals surface area contributed by atoms with Crippen molar-refractivity contribution in [3.63, 3.8) is 0 Å². The third kappa shape index (κ3) is 2.10. The summed E-state index contributed by atoms with van der Waals surface area (Å²) in [5.74, 6) is 1.01. The Kier molecular flexibility index (Phi) is 3.06. The second kappa shape index (κ2) is 4.64. The highest BCUT2D eigenvalue weighted by atomic mass is 16.5. The Balaban J connectivity index is 2.13. The number of fused-ring (bicyclic) bond motifs is 1. The molecule has 3 rings (SSSR count). The highest BCUT2D eigenvalue weighted by Gasteiger charge is 2.31. The van der Waals surface area contributed by atoms with Crippen LogP contribution in [0, 0.1) is 0 Å². The van der Waals surface area contributed by atoms with Gasteiger partial charge in [-0.1, -0.05) is 44.2 Å². The lowest BCUT2D eigenvalue weighted by Crippen LogP contribution is -2.18. The van der Waals surface area contributed by atoms with Crippen molar-refractivity contribution in [2.24, 2.45) is 5.73 Å². The first kappa shape index (κ1) is 13.2. The van der Waals surface area contributed by atoms with Crippen molar-refractivity contribution in [2.45, 2.75) is 32.2 Å². The Bertz CT molecular complexity index is 644. The van der Waals surface area contributed by atoms with Crippen LogP contribution in [0.5, 0.6) is 5.75 Å². The number of ether oxygens (including phenoxy) is 1. The van der Waals surface area contributed by atoms with Crippen molar-refractivity contribution in [1.29, 1.82) is 0 Å². The second-order valence-corrected chi connectivity index (χ2v) is 6.26. The van der Waals surface area contributed by atoms with Crippen LogP contribution in [0.1, 0.15) is 37.9 Å². The van der Waals surface area contributed by atoms with E-state index in [1.54, 1.807) is 0 Å². The van der Waals surface area contributed by atoms with Crippen LogP contribution >= 0.6 is 0 Å². The summed E-state index contributed by atoms with van der Waals surface area (Å²) in [4.78, 5) is 0. The van der Waals surface area contributed by atoms with Crippen molar-refractivity contribution in [3.8, 4) is 16.9 Å². The zero-order valence-corrected chi connectivity index (χ0v) is 12.3. The molecule has 1 aliphatic rings. The van der Waals surface area contributed by atoms with E-state index in [0.717, 1.165) is 12.4 Å². The number of hydrogen-bond donors (Lipinski definition) is 1. The number of benzene rings is 2. The second-order valence-electron chi connectivity index (χ2n) is 6.26. The van der Waals surface area contributed by atoms with Crippen molar-refractivity contribution in [3.05, 3.63) is 53.6 Å². The van der Waals surface area contributed by atoms with Gasteiger partial charge in [0.05, 0.1) is 6.61 Å². The van der Waals surface area contributed by atoms with E-state index in [1.165, 1.54) is 22.3 Å². The predicted molar refractivity (Wildman–Crippen MR) is 83.0 cm³/mol. The lowest BCUT2D eigenvalue weighted by Gasteiger charge is -2.17. The minimum Gasteiger partial charge on any atom is -0.492 e. The summed E-state index contributed by atoms with van der Waals surface area (Å²) in [6, 6.07) is 14.8. The van der Waals surface area contributed by atoms with E-state index in [9.17, 15) is 0 Å². The molecule has 0 bridgehead atoms. The van der Waals surface area contributed by atoms with Gasteiger partial charge in [-0.25, -0.2) is 0 Å². The fourth-order valence-corrected chi connectivity index (χ4v) is 2.85. The van der Waals surface area contributed by atoms with Crippen LogP contribution < -0.4 is 10.5 Å². The van der Waals surface area contributed by atoms with E-state index >= 15 is 0 Å². The van der Waals surface area contributed by atoms with Gasteiger partial charge in [-0.15, -0.1) is 0 Å². The van der Waals surface area contributed by atoms with Crippen LogP contribution in [-0.4, -0.2) is 6.61 Å². The van der Waals surface area contributed by atoms with E-state index in [-0.39, 0.29) is 11.5 Å². The van der Waals surface area contributed by atoms with Gasteiger partial charge in [0.2, 0.25) is 0 Å². The summed E-state index contributed by atoms with van der Waals surface area (Å²) < 4.78 is 5.76. The van der Waals surface area contributed by atoms with E-state index in [4.69, 9.17) is 10.5 Å². The molecule has 0 spiro atoms. The maximum atomic E-state index is 6.09. The summed E-state index contributed by atoms with van der Waals surface area (Å²) in [6.45, 7) is 7.22. The van der Waals surface area contributed by atoms with Crippen LogP contribution in [0.4, 0.5) is 0 Å². The Morgan fingerprint density at radius 1 is 1.15 bits per heavy atom. The molecule has 0 aliphatic carbocycles. The molecule has 0 aromatic heterocycles. The predicted octanol–water partition coefficient (Wildman–Crippen LogP) is 4.04. The molecule has 2 nitrogen and oxygen atoms in total. The van der Waals surface area contributed by atoms with Gasteiger partial charge in [-0.05, 0) is 35.7 Å². The monoisotopic (exact) mass is 267 g/mol. The highest BCUT2D eigenvalue weighted by molar-refractivity contribution is 5.70.